The Balaban J connectivity index is 2.11. The van der Waals surface area contributed by atoms with Crippen molar-refractivity contribution >= 4 is 23.4 Å². The number of ether oxygens (including phenoxy) is 1. The van der Waals surface area contributed by atoms with E-state index in [0.29, 0.717) is 11.7 Å². The number of nitro groups is 1. The molecule has 0 aromatic heterocycles. The molecule has 2 aromatic rings. The molecule has 2 aromatic carbocycles. The number of rotatable bonds is 6. The predicted octanol–water partition coefficient (Wildman–Crippen LogP) is 4.38. The zero-order valence-electron chi connectivity index (χ0n) is 14.4. The third-order valence-electron chi connectivity index (χ3n) is 3.68. The average molecular weight is 340 g/mol. The number of carbonyl (C=O) groups excluding carboxylic acids is 1. The highest BCUT2D eigenvalue weighted by Crippen LogP contribution is 2.28. The van der Waals surface area contributed by atoms with E-state index in [1.165, 1.54) is 36.9 Å². The van der Waals surface area contributed by atoms with Gasteiger partial charge in [-0.25, -0.2) is 0 Å². The van der Waals surface area contributed by atoms with E-state index >= 15 is 0 Å². The maximum Gasteiger partial charge on any atom is 0.271 e. The lowest BCUT2D eigenvalue weighted by Gasteiger charge is -2.08. The number of benzene rings is 2. The Bertz CT molecular complexity index is 796. The molecule has 6 nitrogen and oxygen atoms in total. The minimum absolute atomic E-state index is 0.121. The van der Waals surface area contributed by atoms with Crippen molar-refractivity contribution in [3.05, 3.63) is 69.8 Å². The quantitative estimate of drug-likeness (QED) is 0.481. The van der Waals surface area contributed by atoms with Gasteiger partial charge in [0, 0.05) is 18.2 Å². The molecule has 0 atom stereocenters. The third-order valence-corrected chi connectivity index (χ3v) is 3.68. The molecular weight excluding hydrogens is 320 g/mol. The summed E-state index contributed by atoms with van der Waals surface area (Å²) >= 11 is 0. The van der Waals surface area contributed by atoms with Gasteiger partial charge in [-0.3, -0.25) is 14.9 Å². The molecule has 0 aliphatic heterocycles. The van der Waals surface area contributed by atoms with Crippen molar-refractivity contribution in [3.63, 3.8) is 0 Å². The second-order valence-corrected chi connectivity index (χ2v) is 5.79. The number of non-ortho nitro benzene ring substituents is 1. The molecule has 1 amide bonds. The SMILES string of the molecule is COc1ccc([N+](=O)[O-])cc1NC(=O)C=Cc1ccc(C(C)C)cc1. The molecule has 25 heavy (non-hydrogen) atoms. The summed E-state index contributed by atoms with van der Waals surface area (Å²) in [6.45, 7) is 4.23. The van der Waals surface area contributed by atoms with Gasteiger partial charge in [-0.2, -0.15) is 0 Å². The highest BCUT2D eigenvalue weighted by Gasteiger charge is 2.12. The Morgan fingerprint density at radius 2 is 1.88 bits per heavy atom. The molecule has 1 N–H and O–H groups in total. The smallest absolute Gasteiger partial charge is 0.271 e. The number of amides is 1. The van der Waals surface area contributed by atoms with Crippen LogP contribution in [-0.4, -0.2) is 17.9 Å². The second kappa shape index (κ2) is 8.10. The van der Waals surface area contributed by atoms with Gasteiger partial charge in [0.05, 0.1) is 17.7 Å². The van der Waals surface area contributed by atoms with Gasteiger partial charge in [0.2, 0.25) is 5.91 Å². The van der Waals surface area contributed by atoms with Crippen LogP contribution in [0.15, 0.2) is 48.5 Å². The highest BCUT2D eigenvalue weighted by molar-refractivity contribution is 6.03. The van der Waals surface area contributed by atoms with Crippen molar-refractivity contribution < 1.29 is 14.5 Å². The number of anilines is 1. The van der Waals surface area contributed by atoms with Crippen molar-refractivity contribution in [3.8, 4) is 5.75 Å². The first-order chi connectivity index (χ1) is 11.9. The first-order valence-corrected chi connectivity index (χ1v) is 7.82. The van der Waals surface area contributed by atoms with Crippen LogP contribution in [0.4, 0.5) is 11.4 Å². The molecule has 0 saturated heterocycles. The zero-order valence-corrected chi connectivity index (χ0v) is 14.4. The van der Waals surface area contributed by atoms with Gasteiger partial charge in [0.1, 0.15) is 5.75 Å². The normalized spacial score (nSPS) is 10.9. The lowest BCUT2D eigenvalue weighted by atomic mass is 10.0. The van der Waals surface area contributed by atoms with Gasteiger partial charge < -0.3 is 10.1 Å². The Hall–Kier alpha value is -3.15. The van der Waals surface area contributed by atoms with Crippen molar-refractivity contribution in [1.82, 2.24) is 0 Å². The maximum absolute atomic E-state index is 12.1. The first-order valence-electron chi connectivity index (χ1n) is 7.82. The Labute approximate surface area is 146 Å². The fourth-order valence-corrected chi connectivity index (χ4v) is 2.25. The van der Waals surface area contributed by atoms with Crippen molar-refractivity contribution in [2.45, 2.75) is 19.8 Å². The fourth-order valence-electron chi connectivity index (χ4n) is 2.25. The molecule has 2 rings (SSSR count). The largest absolute Gasteiger partial charge is 0.495 e. The maximum atomic E-state index is 12.1. The standard InChI is InChI=1S/C19H20N2O4/c1-13(2)15-7-4-14(5-8-15)6-11-19(22)20-17-12-16(21(23)24)9-10-18(17)25-3/h4-13H,1-3H3,(H,20,22). The number of nitrogens with zero attached hydrogens (tertiary/aromatic N) is 1. The summed E-state index contributed by atoms with van der Waals surface area (Å²) in [5, 5.41) is 13.5. The topological polar surface area (TPSA) is 81.5 Å². The van der Waals surface area contributed by atoms with Crippen molar-refractivity contribution in [2.24, 2.45) is 0 Å². The average Bonchev–Trinajstić information content (AvgIpc) is 2.60. The summed E-state index contributed by atoms with van der Waals surface area (Å²) < 4.78 is 5.12. The van der Waals surface area contributed by atoms with Crippen molar-refractivity contribution in [2.75, 3.05) is 12.4 Å². The van der Waals surface area contributed by atoms with Gasteiger partial charge in [-0.1, -0.05) is 38.1 Å². The Morgan fingerprint density at radius 3 is 2.44 bits per heavy atom. The molecule has 0 aliphatic rings. The zero-order chi connectivity index (χ0) is 18.4. The monoisotopic (exact) mass is 340 g/mol. The second-order valence-electron chi connectivity index (χ2n) is 5.79. The first kappa shape index (κ1) is 18.2. The molecule has 0 bridgehead atoms. The van der Waals surface area contributed by atoms with E-state index in [0.717, 1.165) is 5.56 Å². The summed E-state index contributed by atoms with van der Waals surface area (Å²) in [6, 6.07) is 11.9. The molecule has 0 fully saturated rings. The van der Waals surface area contributed by atoms with Crippen LogP contribution in [-0.2, 0) is 4.79 Å². The van der Waals surface area contributed by atoms with E-state index < -0.39 is 10.8 Å². The Morgan fingerprint density at radius 1 is 1.20 bits per heavy atom. The number of nitrogens with one attached hydrogen (secondary N) is 1. The molecule has 6 heteroatoms. The summed E-state index contributed by atoms with van der Waals surface area (Å²) in [5.41, 5.74) is 2.25. The minimum atomic E-state index is -0.527. The van der Waals surface area contributed by atoms with Crippen LogP contribution in [0.3, 0.4) is 0 Å². The van der Waals surface area contributed by atoms with E-state index in [4.69, 9.17) is 4.74 Å². The molecule has 0 radical (unpaired) electrons. The van der Waals surface area contributed by atoms with Crippen LogP contribution in [0.25, 0.3) is 6.08 Å². The van der Waals surface area contributed by atoms with Crippen LogP contribution >= 0.6 is 0 Å². The number of nitro benzene ring substituents is 1. The lowest BCUT2D eigenvalue weighted by molar-refractivity contribution is -0.384. The van der Waals surface area contributed by atoms with Crippen LogP contribution in [0.2, 0.25) is 0 Å². The number of methoxy groups -OCH3 is 1. The molecular formula is C19H20N2O4. The minimum Gasteiger partial charge on any atom is -0.495 e. The lowest BCUT2D eigenvalue weighted by Crippen LogP contribution is -2.09. The number of carbonyl (C=O) groups is 1. The van der Waals surface area contributed by atoms with Gasteiger partial charge in [0.15, 0.2) is 0 Å². The van der Waals surface area contributed by atoms with E-state index in [1.807, 2.05) is 24.3 Å². The van der Waals surface area contributed by atoms with E-state index in [1.54, 1.807) is 6.08 Å². The van der Waals surface area contributed by atoms with Gasteiger partial charge in [-0.05, 0) is 29.2 Å². The molecule has 0 saturated carbocycles. The van der Waals surface area contributed by atoms with Gasteiger partial charge >= 0.3 is 0 Å². The summed E-state index contributed by atoms with van der Waals surface area (Å²) in [5.74, 6) is 0.406. The van der Waals surface area contributed by atoms with E-state index in [9.17, 15) is 14.9 Å². The third kappa shape index (κ3) is 4.91. The molecule has 130 valence electrons. The molecule has 0 heterocycles. The van der Waals surface area contributed by atoms with Crippen LogP contribution in [0.5, 0.6) is 5.75 Å². The van der Waals surface area contributed by atoms with Crippen molar-refractivity contribution in [1.29, 1.82) is 0 Å². The Kier molecular flexibility index (Phi) is 5.89. The van der Waals surface area contributed by atoms with Crippen LogP contribution in [0.1, 0.15) is 30.9 Å². The molecule has 0 spiro atoms. The van der Waals surface area contributed by atoms with Gasteiger partial charge in [0.25, 0.3) is 5.69 Å². The van der Waals surface area contributed by atoms with Crippen LogP contribution < -0.4 is 10.1 Å². The predicted molar refractivity (Wildman–Crippen MR) is 97.8 cm³/mol. The highest BCUT2D eigenvalue weighted by atomic mass is 16.6. The van der Waals surface area contributed by atoms with E-state index in [-0.39, 0.29) is 11.4 Å². The van der Waals surface area contributed by atoms with Crippen LogP contribution in [0, 0.1) is 10.1 Å². The number of hydrogen-bond acceptors (Lipinski definition) is 4. The van der Waals surface area contributed by atoms with E-state index in [2.05, 4.69) is 19.2 Å². The summed E-state index contributed by atoms with van der Waals surface area (Å²) in [6.07, 6.45) is 3.06. The molecule has 0 aliphatic carbocycles. The number of hydrogen-bond donors (Lipinski definition) is 1. The summed E-state index contributed by atoms with van der Waals surface area (Å²) in [4.78, 5) is 22.4. The molecule has 0 unspecified atom stereocenters. The summed E-state index contributed by atoms with van der Waals surface area (Å²) in [7, 11) is 1.43. The fraction of sp³-hybridized carbons (Fsp3) is 0.211. The van der Waals surface area contributed by atoms with Gasteiger partial charge in [-0.15, -0.1) is 0 Å².